The lowest BCUT2D eigenvalue weighted by molar-refractivity contribution is -0.00254. The van der Waals surface area contributed by atoms with Gasteiger partial charge >= 0.3 is 0 Å². The molecule has 1 aliphatic rings. The van der Waals surface area contributed by atoms with Gasteiger partial charge in [0, 0.05) is 54.7 Å². The van der Waals surface area contributed by atoms with Crippen molar-refractivity contribution in [3.8, 4) is 0 Å². The number of carbonyl (C=O) groups excluding carboxylic acids is 1. The Morgan fingerprint density at radius 2 is 2.07 bits per heavy atom. The van der Waals surface area contributed by atoms with Crippen LogP contribution in [0.3, 0.4) is 0 Å². The minimum Gasteiger partial charge on any atom is -0.378 e. The Bertz CT molecular complexity index is 1010. The number of hydrogen-bond donors (Lipinski definition) is 3. The van der Waals surface area contributed by atoms with Crippen LogP contribution in [0.15, 0.2) is 36.5 Å². The van der Waals surface area contributed by atoms with Crippen molar-refractivity contribution >= 4 is 28.3 Å². The van der Waals surface area contributed by atoms with Crippen LogP contribution in [0.4, 0.5) is 0 Å². The summed E-state index contributed by atoms with van der Waals surface area (Å²) in [6.45, 7) is 5.16. The van der Waals surface area contributed by atoms with Crippen LogP contribution < -0.4 is 5.32 Å². The molecule has 28 heavy (non-hydrogen) atoms. The van der Waals surface area contributed by atoms with Crippen molar-refractivity contribution in [2.24, 2.45) is 0 Å². The molecule has 0 saturated carbocycles. The maximum atomic E-state index is 13.2. The summed E-state index contributed by atoms with van der Waals surface area (Å²) >= 11 is 6.21. The third-order valence-corrected chi connectivity index (χ3v) is 5.44. The zero-order valence-electron chi connectivity index (χ0n) is 15.7. The van der Waals surface area contributed by atoms with Crippen molar-refractivity contribution < 1.29 is 9.90 Å². The Balaban J connectivity index is 1.75. The van der Waals surface area contributed by atoms with Crippen LogP contribution in [0, 0.1) is 6.92 Å². The molecule has 1 unspecified atom stereocenters. The number of pyridine rings is 1. The van der Waals surface area contributed by atoms with Crippen LogP contribution >= 0.6 is 11.6 Å². The van der Waals surface area contributed by atoms with Crippen LogP contribution in [-0.2, 0) is 6.42 Å². The van der Waals surface area contributed by atoms with Crippen LogP contribution in [0.1, 0.15) is 27.3 Å². The van der Waals surface area contributed by atoms with Gasteiger partial charge in [0.15, 0.2) is 0 Å². The van der Waals surface area contributed by atoms with E-state index < -0.39 is 6.23 Å². The number of carbonyl (C=O) groups is 1. The molecule has 1 aromatic carbocycles. The molecule has 3 aromatic rings. The van der Waals surface area contributed by atoms with E-state index in [-0.39, 0.29) is 5.78 Å². The first-order valence-corrected chi connectivity index (χ1v) is 9.81. The minimum atomic E-state index is -0.669. The van der Waals surface area contributed by atoms with E-state index in [0.717, 1.165) is 48.2 Å². The van der Waals surface area contributed by atoms with Gasteiger partial charge in [-0.2, -0.15) is 0 Å². The lowest BCUT2D eigenvalue weighted by Crippen LogP contribution is -2.49. The fourth-order valence-corrected chi connectivity index (χ4v) is 3.88. The first kappa shape index (κ1) is 19.1. The molecule has 1 aliphatic heterocycles. The van der Waals surface area contributed by atoms with Crippen molar-refractivity contribution in [2.45, 2.75) is 19.6 Å². The van der Waals surface area contributed by atoms with Crippen LogP contribution in [-0.4, -0.2) is 58.2 Å². The number of aromatic nitrogens is 2. The highest BCUT2D eigenvalue weighted by Crippen LogP contribution is 2.28. The summed E-state index contributed by atoms with van der Waals surface area (Å²) in [5.74, 6) is -0.182. The van der Waals surface area contributed by atoms with E-state index in [2.05, 4.69) is 15.3 Å². The molecule has 0 amide bonds. The molecule has 0 spiro atoms. The molecule has 1 fully saturated rings. The molecule has 0 aliphatic carbocycles. The second-order valence-corrected chi connectivity index (χ2v) is 7.62. The van der Waals surface area contributed by atoms with Gasteiger partial charge in [-0.3, -0.25) is 14.7 Å². The smallest absolute Gasteiger partial charge is 0.227 e. The number of nitrogens with one attached hydrogen (secondary N) is 2. The number of piperazine rings is 1. The molecule has 1 saturated heterocycles. The number of hydrogen-bond acceptors (Lipinski definition) is 5. The first-order valence-electron chi connectivity index (χ1n) is 9.43. The van der Waals surface area contributed by atoms with Crippen molar-refractivity contribution in [2.75, 3.05) is 26.2 Å². The lowest BCUT2D eigenvalue weighted by Gasteiger charge is -2.31. The van der Waals surface area contributed by atoms with E-state index in [1.807, 2.05) is 30.0 Å². The zero-order valence-corrected chi connectivity index (χ0v) is 16.5. The topological polar surface area (TPSA) is 81.2 Å². The normalized spacial score (nSPS) is 16.4. The molecule has 2 aromatic heterocycles. The largest absolute Gasteiger partial charge is 0.378 e. The monoisotopic (exact) mass is 398 g/mol. The third kappa shape index (κ3) is 3.82. The minimum absolute atomic E-state index is 0.182. The summed E-state index contributed by atoms with van der Waals surface area (Å²) < 4.78 is 0. The summed E-state index contributed by atoms with van der Waals surface area (Å²) in [5, 5.41) is 15.6. The Labute approximate surface area is 168 Å². The number of nitrogens with zero attached hydrogens (tertiary/aromatic N) is 2. The maximum absolute atomic E-state index is 13.2. The number of aliphatic hydroxyl groups is 1. The number of halogens is 1. The van der Waals surface area contributed by atoms with Crippen molar-refractivity contribution in [1.29, 1.82) is 0 Å². The van der Waals surface area contributed by atoms with Gasteiger partial charge in [0.25, 0.3) is 0 Å². The molecular weight excluding hydrogens is 376 g/mol. The average molecular weight is 399 g/mol. The average Bonchev–Trinajstić information content (AvgIpc) is 3.05. The molecule has 7 heteroatoms. The zero-order chi connectivity index (χ0) is 19.7. The van der Waals surface area contributed by atoms with E-state index in [1.165, 1.54) is 0 Å². The molecule has 146 valence electrons. The number of aliphatic hydroxyl groups excluding tert-OH is 1. The van der Waals surface area contributed by atoms with Gasteiger partial charge in [0.2, 0.25) is 5.78 Å². The first-order chi connectivity index (χ1) is 13.5. The summed E-state index contributed by atoms with van der Waals surface area (Å²) in [7, 11) is 0. The molecule has 1 atom stereocenters. The third-order valence-electron chi connectivity index (χ3n) is 5.20. The van der Waals surface area contributed by atoms with Gasteiger partial charge in [0.1, 0.15) is 11.9 Å². The molecule has 3 heterocycles. The number of ketones is 1. The molecule has 6 nitrogen and oxygen atoms in total. The fraction of sp³-hybridized carbons (Fsp3) is 0.333. The van der Waals surface area contributed by atoms with Gasteiger partial charge in [-0.05, 0) is 48.4 Å². The van der Waals surface area contributed by atoms with Crippen LogP contribution in [0.2, 0.25) is 5.02 Å². The molecule has 0 radical (unpaired) electrons. The van der Waals surface area contributed by atoms with Crippen molar-refractivity contribution in [1.82, 2.24) is 20.2 Å². The van der Waals surface area contributed by atoms with Gasteiger partial charge in [-0.1, -0.05) is 11.6 Å². The predicted molar refractivity (Wildman–Crippen MR) is 110 cm³/mol. The molecule has 0 bridgehead atoms. The number of aryl methyl sites for hydroxylation is 1. The second-order valence-electron chi connectivity index (χ2n) is 7.19. The fourth-order valence-electron chi connectivity index (χ4n) is 3.71. The van der Waals surface area contributed by atoms with E-state index >= 15 is 0 Å². The highest BCUT2D eigenvalue weighted by Gasteiger charge is 2.25. The predicted octanol–water partition coefficient (Wildman–Crippen LogP) is 2.52. The van der Waals surface area contributed by atoms with Crippen molar-refractivity contribution in [3.63, 3.8) is 0 Å². The van der Waals surface area contributed by atoms with Crippen LogP contribution in [0.5, 0.6) is 0 Å². The summed E-state index contributed by atoms with van der Waals surface area (Å²) in [6, 6.07) is 9.12. The number of rotatable bonds is 5. The summed E-state index contributed by atoms with van der Waals surface area (Å²) in [6.07, 6.45) is 1.31. The van der Waals surface area contributed by atoms with E-state index in [4.69, 9.17) is 11.6 Å². The second kappa shape index (κ2) is 8.01. The molecular formula is C21H23ClN4O2. The van der Waals surface area contributed by atoms with Gasteiger partial charge < -0.3 is 15.4 Å². The van der Waals surface area contributed by atoms with Gasteiger partial charge in [0.05, 0.1) is 5.69 Å². The van der Waals surface area contributed by atoms with Crippen LogP contribution in [0.25, 0.3) is 10.9 Å². The Morgan fingerprint density at radius 1 is 1.29 bits per heavy atom. The molecule has 4 rings (SSSR count). The van der Waals surface area contributed by atoms with E-state index in [0.29, 0.717) is 22.8 Å². The van der Waals surface area contributed by atoms with Crippen molar-refractivity contribution in [3.05, 3.63) is 64.1 Å². The lowest BCUT2D eigenvalue weighted by atomic mass is 10.0. The number of fused-ring (bicyclic) bond motifs is 1. The Morgan fingerprint density at radius 3 is 2.82 bits per heavy atom. The van der Waals surface area contributed by atoms with Gasteiger partial charge in [-0.15, -0.1) is 0 Å². The number of benzene rings is 1. The summed E-state index contributed by atoms with van der Waals surface area (Å²) in [5.41, 5.74) is 3.42. The van der Waals surface area contributed by atoms with E-state index in [1.54, 1.807) is 18.3 Å². The number of aromatic amines is 1. The quantitative estimate of drug-likeness (QED) is 0.575. The number of H-pyrrole nitrogens is 1. The SMILES string of the molecule is Cc1ccnc(C(=O)c2[nH]c3ccc(Cl)cc3c2CC(O)N2CCNCC2)c1. The molecule has 3 N–H and O–H groups in total. The van der Waals surface area contributed by atoms with E-state index in [9.17, 15) is 9.90 Å². The Hall–Kier alpha value is -2.25. The highest BCUT2D eigenvalue weighted by molar-refractivity contribution is 6.31. The summed E-state index contributed by atoms with van der Waals surface area (Å²) in [4.78, 5) is 22.7. The van der Waals surface area contributed by atoms with Gasteiger partial charge in [-0.25, -0.2) is 0 Å². The maximum Gasteiger partial charge on any atom is 0.227 e. The standard InChI is InChI=1S/C21H23ClN4O2/c1-13-4-5-24-18(10-13)21(28)20-16(12-19(27)26-8-6-23-7-9-26)15-11-14(22)2-3-17(15)25-20/h2-5,10-11,19,23,25,27H,6-9,12H2,1H3. The Kier molecular flexibility index (Phi) is 5.46. The highest BCUT2D eigenvalue weighted by atomic mass is 35.5.